The van der Waals surface area contributed by atoms with Crippen LogP contribution in [-0.4, -0.2) is 34.6 Å². The van der Waals surface area contributed by atoms with Crippen molar-refractivity contribution in [1.29, 1.82) is 0 Å². The molecule has 1 aromatic heterocycles. The zero-order valence-corrected chi connectivity index (χ0v) is 14.1. The van der Waals surface area contributed by atoms with E-state index in [2.05, 4.69) is 37.3 Å². The Kier molecular flexibility index (Phi) is 4.94. The van der Waals surface area contributed by atoms with Crippen molar-refractivity contribution >= 4 is 15.9 Å². The first-order chi connectivity index (χ1) is 10.2. The first-order valence-electron chi connectivity index (χ1n) is 8.05. The summed E-state index contributed by atoms with van der Waals surface area (Å²) in [7, 11) is 0. The predicted octanol–water partition coefficient (Wildman–Crippen LogP) is 2.63. The highest BCUT2D eigenvalue weighted by Gasteiger charge is 2.46. The van der Waals surface area contributed by atoms with E-state index in [1.807, 2.05) is 12.4 Å². The van der Waals surface area contributed by atoms with Gasteiger partial charge in [-0.15, -0.1) is 0 Å². The van der Waals surface area contributed by atoms with E-state index in [4.69, 9.17) is 5.84 Å². The van der Waals surface area contributed by atoms with Gasteiger partial charge >= 0.3 is 0 Å². The van der Waals surface area contributed by atoms with Gasteiger partial charge in [-0.2, -0.15) is 0 Å². The summed E-state index contributed by atoms with van der Waals surface area (Å²) in [5.41, 5.74) is 4.64. The number of halogens is 1. The second-order valence-electron chi connectivity index (χ2n) is 6.44. The normalized spacial score (nSPS) is 23.5. The van der Waals surface area contributed by atoms with Gasteiger partial charge in [0.1, 0.15) is 0 Å². The van der Waals surface area contributed by atoms with Gasteiger partial charge in [-0.1, -0.05) is 12.8 Å². The Bertz CT molecular complexity index is 467. The SMILES string of the molecule is NNC(Cc1cncc(Br)c1)C1(N2CCCC2)CCCC1. The zero-order chi connectivity index (χ0) is 14.7. The number of rotatable bonds is 5. The Morgan fingerprint density at radius 2 is 1.95 bits per heavy atom. The fraction of sp³-hybridized carbons (Fsp3) is 0.688. The number of nitrogens with one attached hydrogen (secondary N) is 1. The largest absolute Gasteiger partial charge is 0.296 e. The third-order valence-electron chi connectivity index (χ3n) is 5.26. The lowest BCUT2D eigenvalue weighted by Gasteiger charge is -2.45. The van der Waals surface area contributed by atoms with Crippen LogP contribution in [0, 0.1) is 0 Å². The fourth-order valence-corrected chi connectivity index (χ4v) is 4.65. The molecule has 2 fully saturated rings. The van der Waals surface area contributed by atoms with Crippen LogP contribution in [0.2, 0.25) is 0 Å². The molecule has 1 saturated carbocycles. The van der Waals surface area contributed by atoms with Gasteiger partial charge in [0.2, 0.25) is 0 Å². The Labute approximate surface area is 135 Å². The van der Waals surface area contributed by atoms with Crippen LogP contribution in [0.4, 0.5) is 0 Å². The molecular formula is C16H25BrN4. The standard InChI is InChI=1S/C16H25BrN4/c17-14-9-13(11-19-12-14)10-15(20-18)16(5-1-2-6-16)21-7-3-4-8-21/h9,11-12,15,20H,1-8,10,18H2. The third kappa shape index (κ3) is 3.16. The van der Waals surface area contributed by atoms with Crippen molar-refractivity contribution in [3.8, 4) is 0 Å². The molecule has 21 heavy (non-hydrogen) atoms. The number of pyridine rings is 1. The van der Waals surface area contributed by atoms with Crippen molar-refractivity contribution in [3.05, 3.63) is 28.5 Å². The van der Waals surface area contributed by atoms with E-state index in [0.29, 0.717) is 6.04 Å². The minimum Gasteiger partial charge on any atom is -0.296 e. The highest BCUT2D eigenvalue weighted by Crippen LogP contribution is 2.40. The first kappa shape index (κ1) is 15.4. The van der Waals surface area contributed by atoms with E-state index >= 15 is 0 Å². The number of likely N-dealkylation sites (tertiary alicyclic amines) is 1. The molecule has 0 amide bonds. The molecule has 3 N–H and O–H groups in total. The molecule has 1 atom stereocenters. The van der Waals surface area contributed by atoms with Gasteiger partial charge in [-0.25, -0.2) is 0 Å². The van der Waals surface area contributed by atoms with E-state index in [9.17, 15) is 0 Å². The molecule has 1 aliphatic carbocycles. The summed E-state index contributed by atoms with van der Waals surface area (Å²) in [5.74, 6) is 5.98. The minimum absolute atomic E-state index is 0.244. The van der Waals surface area contributed by atoms with Crippen LogP contribution in [-0.2, 0) is 6.42 Å². The molecule has 1 unspecified atom stereocenters. The monoisotopic (exact) mass is 352 g/mol. The Hall–Kier alpha value is -0.490. The molecule has 2 heterocycles. The van der Waals surface area contributed by atoms with Gasteiger partial charge in [0.15, 0.2) is 0 Å². The Morgan fingerprint density at radius 3 is 2.57 bits per heavy atom. The Morgan fingerprint density at radius 1 is 1.24 bits per heavy atom. The maximum absolute atomic E-state index is 5.98. The van der Waals surface area contributed by atoms with E-state index < -0.39 is 0 Å². The molecule has 116 valence electrons. The van der Waals surface area contributed by atoms with Gasteiger partial charge in [-0.3, -0.25) is 21.2 Å². The Balaban J connectivity index is 1.82. The number of hydrazine groups is 1. The summed E-state index contributed by atoms with van der Waals surface area (Å²) in [6.45, 7) is 2.46. The highest BCUT2D eigenvalue weighted by atomic mass is 79.9. The number of aromatic nitrogens is 1. The van der Waals surface area contributed by atoms with Crippen molar-refractivity contribution in [2.24, 2.45) is 5.84 Å². The number of nitrogens with zero attached hydrogens (tertiary/aromatic N) is 2. The maximum Gasteiger partial charge on any atom is 0.0435 e. The predicted molar refractivity (Wildman–Crippen MR) is 88.8 cm³/mol. The van der Waals surface area contributed by atoms with Crippen LogP contribution in [0.5, 0.6) is 0 Å². The average molecular weight is 353 g/mol. The van der Waals surface area contributed by atoms with E-state index in [-0.39, 0.29) is 5.54 Å². The lowest BCUT2D eigenvalue weighted by atomic mass is 9.83. The van der Waals surface area contributed by atoms with Gasteiger partial charge in [0.05, 0.1) is 0 Å². The molecule has 0 spiro atoms. The maximum atomic E-state index is 5.98. The molecule has 3 rings (SSSR count). The third-order valence-corrected chi connectivity index (χ3v) is 5.69. The summed E-state index contributed by atoms with van der Waals surface area (Å²) in [5, 5.41) is 0. The molecular weight excluding hydrogens is 328 g/mol. The summed E-state index contributed by atoms with van der Waals surface area (Å²) in [6, 6.07) is 2.46. The van der Waals surface area contributed by atoms with Crippen molar-refractivity contribution in [2.45, 2.75) is 56.5 Å². The second-order valence-corrected chi connectivity index (χ2v) is 7.36. The van der Waals surface area contributed by atoms with E-state index in [0.717, 1.165) is 10.9 Å². The molecule has 0 radical (unpaired) electrons. The zero-order valence-electron chi connectivity index (χ0n) is 12.5. The molecule has 0 aromatic carbocycles. The smallest absolute Gasteiger partial charge is 0.0435 e. The first-order valence-corrected chi connectivity index (χ1v) is 8.84. The average Bonchev–Trinajstić information content (AvgIpc) is 3.16. The van der Waals surface area contributed by atoms with Crippen molar-refractivity contribution in [2.75, 3.05) is 13.1 Å². The van der Waals surface area contributed by atoms with E-state index in [1.54, 1.807) is 0 Å². The molecule has 0 bridgehead atoms. The van der Waals surface area contributed by atoms with Crippen molar-refractivity contribution in [3.63, 3.8) is 0 Å². The van der Waals surface area contributed by atoms with Crippen LogP contribution in [0.25, 0.3) is 0 Å². The number of nitrogens with two attached hydrogens (primary N) is 1. The lowest BCUT2D eigenvalue weighted by molar-refractivity contribution is 0.0766. The summed E-state index contributed by atoms with van der Waals surface area (Å²) in [6.07, 6.45) is 12.6. The van der Waals surface area contributed by atoms with Crippen molar-refractivity contribution in [1.82, 2.24) is 15.3 Å². The topological polar surface area (TPSA) is 54.2 Å². The van der Waals surface area contributed by atoms with Crippen LogP contribution < -0.4 is 11.3 Å². The molecule has 2 aliphatic rings. The molecule has 1 aliphatic heterocycles. The van der Waals surface area contributed by atoms with Crippen LogP contribution in [0.3, 0.4) is 0 Å². The van der Waals surface area contributed by atoms with Crippen LogP contribution in [0.1, 0.15) is 44.1 Å². The molecule has 5 heteroatoms. The lowest BCUT2D eigenvalue weighted by Crippen LogP contribution is -2.61. The summed E-state index contributed by atoms with van der Waals surface area (Å²) < 4.78 is 1.04. The molecule has 4 nitrogen and oxygen atoms in total. The minimum atomic E-state index is 0.244. The van der Waals surface area contributed by atoms with E-state index in [1.165, 1.54) is 57.2 Å². The highest BCUT2D eigenvalue weighted by molar-refractivity contribution is 9.10. The van der Waals surface area contributed by atoms with Crippen molar-refractivity contribution < 1.29 is 0 Å². The van der Waals surface area contributed by atoms with Gasteiger partial charge in [0.25, 0.3) is 0 Å². The second kappa shape index (κ2) is 6.73. The quantitative estimate of drug-likeness (QED) is 0.631. The summed E-state index contributed by atoms with van der Waals surface area (Å²) >= 11 is 3.51. The van der Waals surface area contributed by atoms with Gasteiger partial charge in [-0.05, 0) is 72.8 Å². The van der Waals surface area contributed by atoms with Gasteiger partial charge < -0.3 is 0 Å². The number of hydrogen-bond acceptors (Lipinski definition) is 4. The summed E-state index contributed by atoms with van der Waals surface area (Å²) in [4.78, 5) is 6.99. The van der Waals surface area contributed by atoms with Gasteiger partial charge in [0, 0.05) is 28.4 Å². The van der Waals surface area contributed by atoms with Crippen LogP contribution >= 0.6 is 15.9 Å². The molecule has 1 aromatic rings. The van der Waals surface area contributed by atoms with Crippen LogP contribution in [0.15, 0.2) is 22.9 Å². The fourth-order valence-electron chi connectivity index (χ4n) is 4.24. The number of hydrogen-bond donors (Lipinski definition) is 2. The molecule has 1 saturated heterocycles.